The molecule has 5 rings (SSSR count). The molecule has 0 radical (unpaired) electrons. The van der Waals surface area contributed by atoms with E-state index in [1.54, 1.807) is 0 Å². The fraction of sp³-hybridized carbons (Fsp3) is 0.833. The molecule has 4 heteroatoms. The summed E-state index contributed by atoms with van der Waals surface area (Å²) in [4.78, 5) is 23.4. The van der Waals surface area contributed by atoms with E-state index in [-0.39, 0.29) is 34.5 Å². The standard InChI is InChI=1S/C24H34O4/c1-15(25)27-17-6-10-22(2)16(14-17)4-5-18-19(22)7-11-23(3)20(18)8-12-24(23)13-9-21(26)28-24/h14,17-20H,4-13H2,1-3H3/t17-,18-,19+,20+,22+,23+,24-/m1/s1. The maximum atomic E-state index is 12.0. The summed E-state index contributed by atoms with van der Waals surface area (Å²) in [5.74, 6) is 1.99. The number of esters is 2. The highest BCUT2D eigenvalue weighted by Crippen LogP contribution is 2.69. The van der Waals surface area contributed by atoms with Crippen molar-refractivity contribution in [3.63, 3.8) is 0 Å². The Kier molecular flexibility index (Phi) is 4.07. The zero-order valence-corrected chi connectivity index (χ0v) is 17.6. The van der Waals surface area contributed by atoms with E-state index in [0.29, 0.717) is 12.3 Å². The van der Waals surface area contributed by atoms with Gasteiger partial charge in [-0.2, -0.15) is 0 Å². The second-order valence-electron chi connectivity index (χ2n) is 10.7. The Morgan fingerprint density at radius 1 is 1.04 bits per heavy atom. The van der Waals surface area contributed by atoms with Crippen molar-refractivity contribution in [1.82, 2.24) is 0 Å². The van der Waals surface area contributed by atoms with Gasteiger partial charge in [0.25, 0.3) is 0 Å². The van der Waals surface area contributed by atoms with Gasteiger partial charge in [-0.15, -0.1) is 0 Å². The van der Waals surface area contributed by atoms with E-state index in [0.717, 1.165) is 43.9 Å². The quantitative estimate of drug-likeness (QED) is 0.472. The van der Waals surface area contributed by atoms with E-state index in [9.17, 15) is 9.59 Å². The molecule has 1 heterocycles. The van der Waals surface area contributed by atoms with Crippen LogP contribution >= 0.6 is 0 Å². The molecule has 0 bridgehead atoms. The minimum absolute atomic E-state index is 0.0219. The normalized spacial score (nSPS) is 49.7. The number of hydrogen-bond acceptors (Lipinski definition) is 4. The van der Waals surface area contributed by atoms with Crippen molar-refractivity contribution in [1.29, 1.82) is 0 Å². The number of fused-ring (bicyclic) bond motifs is 6. The molecule has 1 spiro atoms. The summed E-state index contributed by atoms with van der Waals surface area (Å²) in [6.07, 6.45) is 13.0. The van der Waals surface area contributed by atoms with E-state index < -0.39 is 0 Å². The van der Waals surface area contributed by atoms with Crippen LogP contribution in [0.1, 0.15) is 85.0 Å². The van der Waals surface area contributed by atoms with Crippen LogP contribution < -0.4 is 0 Å². The lowest BCUT2D eigenvalue weighted by atomic mass is 9.46. The van der Waals surface area contributed by atoms with Crippen LogP contribution in [0.15, 0.2) is 11.6 Å². The second-order valence-corrected chi connectivity index (χ2v) is 10.7. The highest BCUT2D eigenvalue weighted by molar-refractivity contribution is 5.72. The van der Waals surface area contributed by atoms with Crippen LogP contribution in [-0.4, -0.2) is 23.6 Å². The van der Waals surface area contributed by atoms with Gasteiger partial charge < -0.3 is 9.47 Å². The monoisotopic (exact) mass is 386 g/mol. The number of hydrogen-bond donors (Lipinski definition) is 0. The SMILES string of the molecule is CC(=O)O[C@H]1C=C2CC[C@@H]3[C@H](CC[C@@]4(C)[C@H]3CC[C@@]43CCC(=O)O3)[C@@]2(C)CC1. The van der Waals surface area contributed by atoms with Crippen LogP contribution in [0.4, 0.5) is 0 Å². The molecule has 0 amide bonds. The van der Waals surface area contributed by atoms with Crippen LogP contribution in [-0.2, 0) is 19.1 Å². The maximum absolute atomic E-state index is 12.0. The number of allylic oxidation sites excluding steroid dienone is 1. The lowest BCUT2D eigenvalue weighted by Gasteiger charge is -2.59. The first-order valence-corrected chi connectivity index (χ1v) is 11.4. The third-order valence-corrected chi connectivity index (χ3v) is 9.72. The molecule has 5 aliphatic rings. The van der Waals surface area contributed by atoms with Gasteiger partial charge in [-0.05, 0) is 87.0 Å². The van der Waals surface area contributed by atoms with Gasteiger partial charge in [0.15, 0.2) is 0 Å². The minimum atomic E-state index is -0.177. The Morgan fingerprint density at radius 2 is 1.82 bits per heavy atom. The first kappa shape index (κ1) is 18.7. The zero-order valence-electron chi connectivity index (χ0n) is 17.6. The first-order chi connectivity index (χ1) is 13.3. The maximum Gasteiger partial charge on any atom is 0.306 e. The number of rotatable bonds is 1. The van der Waals surface area contributed by atoms with Gasteiger partial charge in [0.2, 0.25) is 0 Å². The highest BCUT2D eigenvalue weighted by Gasteiger charge is 2.67. The topological polar surface area (TPSA) is 52.6 Å². The smallest absolute Gasteiger partial charge is 0.306 e. The predicted octanol–water partition coefficient (Wildman–Crippen LogP) is 4.96. The molecule has 3 saturated carbocycles. The summed E-state index contributed by atoms with van der Waals surface area (Å²) < 4.78 is 11.6. The summed E-state index contributed by atoms with van der Waals surface area (Å²) in [7, 11) is 0. The Labute approximate surface area is 168 Å². The van der Waals surface area contributed by atoms with Crippen LogP contribution in [0.5, 0.6) is 0 Å². The Bertz CT molecular complexity index is 741. The van der Waals surface area contributed by atoms with Crippen LogP contribution in [0.3, 0.4) is 0 Å². The highest BCUT2D eigenvalue weighted by atomic mass is 16.6. The fourth-order valence-electron chi connectivity index (χ4n) is 8.30. The van der Waals surface area contributed by atoms with Gasteiger partial charge in [0.1, 0.15) is 11.7 Å². The van der Waals surface area contributed by atoms with E-state index in [1.165, 1.54) is 38.2 Å². The molecule has 4 fully saturated rings. The fourth-order valence-corrected chi connectivity index (χ4v) is 8.30. The first-order valence-electron chi connectivity index (χ1n) is 11.4. The molecule has 0 aromatic carbocycles. The van der Waals surface area contributed by atoms with Crippen LogP contribution in [0.2, 0.25) is 0 Å². The van der Waals surface area contributed by atoms with Gasteiger partial charge in [-0.1, -0.05) is 19.4 Å². The molecule has 28 heavy (non-hydrogen) atoms. The largest absolute Gasteiger partial charge is 0.458 e. The van der Waals surface area contributed by atoms with E-state index >= 15 is 0 Å². The number of carbonyl (C=O) groups is 2. The molecule has 0 N–H and O–H groups in total. The zero-order chi connectivity index (χ0) is 19.7. The van der Waals surface area contributed by atoms with Crippen molar-refractivity contribution in [2.45, 2.75) is 96.7 Å². The summed E-state index contributed by atoms with van der Waals surface area (Å²) in [5.41, 5.74) is 1.77. The summed E-state index contributed by atoms with van der Waals surface area (Å²) in [6, 6.07) is 0. The lowest BCUT2D eigenvalue weighted by molar-refractivity contribution is -0.168. The summed E-state index contributed by atoms with van der Waals surface area (Å²) >= 11 is 0. The average molecular weight is 387 g/mol. The predicted molar refractivity (Wildman–Crippen MR) is 105 cm³/mol. The van der Waals surface area contributed by atoms with Crippen molar-refractivity contribution < 1.29 is 19.1 Å². The molecular formula is C24H34O4. The third-order valence-electron chi connectivity index (χ3n) is 9.72. The van der Waals surface area contributed by atoms with E-state index in [1.807, 2.05) is 0 Å². The molecule has 7 atom stereocenters. The molecule has 4 nitrogen and oxygen atoms in total. The van der Waals surface area contributed by atoms with Crippen molar-refractivity contribution in [2.75, 3.05) is 0 Å². The van der Waals surface area contributed by atoms with Crippen LogP contribution in [0, 0.1) is 28.6 Å². The molecule has 0 unspecified atom stereocenters. The van der Waals surface area contributed by atoms with Crippen LogP contribution in [0.25, 0.3) is 0 Å². The van der Waals surface area contributed by atoms with E-state index in [2.05, 4.69) is 19.9 Å². The molecule has 0 aromatic rings. The summed E-state index contributed by atoms with van der Waals surface area (Å²) in [5, 5.41) is 0. The van der Waals surface area contributed by atoms with Crippen molar-refractivity contribution in [3.05, 3.63) is 11.6 Å². The van der Waals surface area contributed by atoms with Gasteiger partial charge >= 0.3 is 11.9 Å². The molecule has 154 valence electrons. The second kappa shape index (κ2) is 6.09. The van der Waals surface area contributed by atoms with Crippen molar-refractivity contribution >= 4 is 11.9 Å². The summed E-state index contributed by atoms with van der Waals surface area (Å²) in [6.45, 7) is 6.42. The Morgan fingerprint density at radius 3 is 2.54 bits per heavy atom. The van der Waals surface area contributed by atoms with Crippen molar-refractivity contribution in [2.24, 2.45) is 28.6 Å². The Hall–Kier alpha value is -1.32. The van der Waals surface area contributed by atoms with Gasteiger partial charge in [0.05, 0.1) is 0 Å². The Balaban J connectivity index is 1.42. The molecule has 1 saturated heterocycles. The van der Waals surface area contributed by atoms with Gasteiger partial charge in [-0.25, -0.2) is 0 Å². The van der Waals surface area contributed by atoms with Gasteiger partial charge in [0, 0.05) is 18.8 Å². The minimum Gasteiger partial charge on any atom is -0.458 e. The number of carbonyl (C=O) groups excluding carboxylic acids is 2. The number of ether oxygens (including phenoxy) is 2. The third kappa shape index (κ3) is 2.42. The molecule has 1 aliphatic heterocycles. The van der Waals surface area contributed by atoms with Gasteiger partial charge in [-0.3, -0.25) is 9.59 Å². The molecule has 0 aromatic heterocycles. The molecule has 4 aliphatic carbocycles. The average Bonchev–Trinajstić information content (AvgIpc) is 3.16. The lowest BCUT2D eigenvalue weighted by Crippen LogP contribution is -2.54. The molecular weight excluding hydrogens is 352 g/mol. The van der Waals surface area contributed by atoms with E-state index in [4.69, 9.17) is 9.47 Å². The van der Waals surface area contributed by atoms with Crippen molar-refractivity contribution in [3.8, 4) is 0 Å².